The topological polar surface area (TPSA) is 96.2 Å². The zero-order chi connectivity index (χ0) is 10.0. The number of carbonyl (C=O) groups is 1. The number of ether oxygens (including phenoxy) is 2. The van der Waals surface area contributed by atoms with Crippen molar-refractivity contribution < 1.29 is 29.6 Å². The summed E-state index contributed by atoms with van der Waals surface area (Å²) >= 11 is 0. The van der Waals surface area contributed by atoms with Crippen LogP contribution in [0.2, 0.25) is 0 Å². The van der Waals surface area contributed by atoms with Crippen LogP contribution in [0.1, 0.15) is 0 Å². The lowest BCUT2D eigenvalue weighted by Gasteiger charge is -2.11. The molecule has 0 radical (unpaired) electrons. The average molecular weight is 192 g/mol. The Morgan fingerprint density at radius 3 is 2.46 bits per heavy atom. The van der Waals surface area contributed by atoms with Crippen molar-refractivity contribution in [1.29, 1.82) is 0 Å². The molecule has 1 rings (SSSR count). The summed E-state index contributed by atoms with van der Waals surface area (Å²) in [5.74, 6) is -0.762. The van der Waals surface area contributed by atoms with E-state index in [0.717, 1.165) is 7.11 Å². The molecule has 3 N–H and O–H groups in total. The number of hydrogen-bond donors (Lipinski definition) is 3. The standard InChI is InChI=1S/C7H12O6/c1-12-7(11)6-5(10)4(9)3(2-8)13-6/h3-6,8-10H,2H2,1H3. The molecule has 1 aliphatic rings. The van der Waals surface area contributed by atoms with Gasteiger partial charge in [-0.25, -0.2) is 4.79 Å². The molecule has 0 spiro atoms. The third kappa shape index (κ3) is 1.80. The predicted octanol–water partition coefficient (Wildman–Crippen LogP) is -2.36. The first-order chi connectivity index (χ1) is 6.11. The number of carbonyl (C=O) groups excluding carboxylic acids is 1. The Morgan fingerprint density at radius 1 is 1.46 bits per heavy atom. The van der Waals surface area contributed by atoms with Crippen LogP contribution in [0.4, 0.5) is 0 Å². The summed E-state index contributed by atoms with van der Waals surface area (Å²) in [4.78, 5) is 10.9. The zero-order valence-electron chi connectivity index (χ0n) is 7.08. The number of rotatable bonds is 2. The third-order valence-electron chi connectivity index (χ3n) is 1.98. The van der Waals surface area contributed by atoms with Gasteiger partial charge in [-0.2, -0.15) is 0 Å². The highest BCUT2D eigenvalue weighted by Crippen LogP contribution is 2.21. The third-order valence-corrected chi connectivity index (χ3v) is 1.98. The maximum atomic E-state index is 10.9. The van der Waals surface area contributed by atoms with E-state index in [2.05, 4.69) is 4.74 Å². The first-order valence-electron chi connectivity index (χ1n) is 3.82. The number of hydrogen-bond acceptors (Lipinski definition) is 6. The second-order valence-electron chi connectivity index (χ2n) is 2.78. The molecule has 1 saturated heterocycles. The van der Waals surface area contributed by atoms with Gasteiger partial charge in [-0.3, -0.25) is 0 Å². The molecule has 13 heavy (non-hydrogen) atoms. The molecule has 0 aliphatic carbocycles. The monoisotopic (exact) mass is 192 g/mol. The lowest BCUT2D eigenvalue weighted by atomic mass is 10.1. The quantitative estimate of drug-likeness (QED) is 0.423. The van der Waals surface area contributed by atoms with Crippen LogP contribution in [-0.4, -0.2) is 59.4 Å². The van der Waals surface area contributed by atoms with Gasteiger partial charge in [-0.15, -0.1) is 0 Å². The van der Waals surface area contributed by atoms with Gasteiger partial charge < -0.3 is 24.8 Å². The summed E-state index contributed by atoms with van der Waals surface area (Å²) < 4.78 is 9.19. The highest BCUT2D eigenvalue weighted by Gasteiger charge is 2.46. The number of aliphatic hydroxyl groups is 3. The van der Waals surface area contributed by atoms with Crippen LogP contribution >= 0.6 is 0 Å². The van der Waals surface area contributed by atoms with Crippen LogP contribution in [0.25, 0.3) is 0 Å². The van der Waals surface area contributed by atoms with Gasteiger partial charge in [0.25, 0.3) is 0 Å². The number of methoxy groups -OCH3 is 1. The predicted molar refractivity (Wildman–Crippen MR) is 39.8 cm³/mol. The Hall–Kier alpha value is -0.690. The SMILES string of the molecule is COC(=O)C1OC(CO)C(O)C1O. The van der Waals surface area contributed by atoms with E-state index in [4.69, 9.17) is 9.84 Å². The maximum Gasteiger partial charge on any atom is 0.337 e. The lowest BCUT2D eigenvalue weighted by molar-refractivity contribution is -0.157. The molecule has 1 heterocycles. The van der Waals surface area contributed by atoms with E-state index < -0.39 is 37.0 Å². The fraction of sp³-hybridized carbons (Fsp3) is 0.857. The van der Waals surface area contributed by atoms with E-state index in [0.29, 0.717) is 0 Å². The molecule has 4 atom stereocenters. The van der Waals surface area contributed by atoms with Gasteiger partial charge in [0, 0.05) is 0 Å². The summed E-state index contributed by atoms with van der Waals surface area (Å²) in [5.41, 5.74) is 0. The lowest BCUT2D eigenvalue weighted by Crippen LogP contribution is -2.37. The van der Waals surface area contributed by atoms with Crippen LogP contribution < -0.4 is 0 Å². The van der Waals surface area contributed by atoms with E-state index in [1.807, 2.05) is 0 Å². The Balaban J connectivity index is 2.65. The van der Waals surface area contributed by atoms with Crippen LogP contribution in [0.3, 0.4) is 0 Å². The van der Waals surface area contributed by atoms with Crippen molar-refractivity contribution in [2.45, 2.75) is 24.4 Å². The van der Waals surface area contributed by atoms with Gasteiger partial charge in [0.15, 0.2) is 6.10 Å². The summed E-state index contributed by atoms with van der Waals surface area (Å²) in [5, 5.41) is 27.2. The molecule has 6 nitrogen and oxygen atoms in total. The van der Waals surface area contributed by atoms with Crippen molar-refractivity contribution in [2.75, 3.05) is 13.7 Å². The molecule has 0 bridgehead atoms. The second-order valence-corrected chi connectivity index (χ2v) is 2.78. The van der Waals surface area contributed by atoms with Gasteiger partial charge in [0.1, 0.15) is 18.3 Å². The fourth-order valence-corrected chi connectivity index (χ4v) is 1.21. The van der Waals surface area contributed by atoms with Crippen LogP contribution in [0.15, 0.2) is 0 Å². The minimum Gasteiger partial charge on any atom is -0.467 e. The van der Waals surface area contributed by atoms with Crippen molar-refractivity contribution >= 4 is 5.97 Å². The summed E-state index contributed by atoms with van der Waals surface area (Å²) in [6.07, 6.45) is -4.74. The van der Waals surface area contributed by atoms with Gasteiger partial charge in [-0.1, -0.05) is 0 Å². The molecule has 0 amide bonds. The smallest absolute Gasteiger partial charge is 0.337 e. The average Bonchev–Trinajstić information content (AvgIpc) is 2.43. The normalized spacial score (nSPS) is 39.1. The van der Waals surface area contributed by atoms with Crippen molar-refractivity contribution in [2.24, 2.45) is 0 Å². The van der Waals surface area contributed by atoms with Crippen molar-refractivity contribution in [3.8, 4) is 0 Å². The molecule has 4 unspecified atom stereocenters. The molecule has 0 saturated carbocycles. The van der Waals surface area contributed by atoms with Gasteiger partial charge in [-0.05, 0) is 0 Å². The zero-order valence-corrected chi connectivity index (χ0v) is 7.08. The molecule has 6 heteroatoms. The molecular weight excluding hydrogens is 180 g/mol. The molecular formula is C7H12O6. The van der Waals surface area contributed by atoms with E-state index in [1.165, 1.54) is 0 Å². The Labute approximate surface area is 74.7 Å². The Bertz CT molecular complexity index is 193. The van der Waals surface area contributed by atoms with E-state index in [-0.39, 0.29) is 0 Å². The van der Waals surface area contributed by atoms with E-state index in [1.54, 1.807) is 0 Å². The summed E-state index contributed by atoms with van der Waals surface area (Å²) in [7, 11) is 1.15. The largest absolute Gasteiger partial charge is 0.467 e. The number of aliphatic hydroxyl groups excluding tert-OH is 3. The first kappa shape index (κ1) is 10.4. The highest BCUT2D eigenvalue weighted by atomic mass is 16.6. The molecule has 0 aromatic rings. The Kier molecular flexibility index (Phi) is 3.21. The van der Waals surface area contributed by atoms with Gasteiger partial charge in [0.05, 0.1) is 13.7 Å². The number of esters is 1. The van der Waals surface area contributed by atoms with Gasteiger partial charge >= 0.3 is 5.97 Å². The molecule has 0 aromatic heterocycles. The fourth-order valence-electron chi connectivity index (χ4n) is 1.21. The molecule has 0 aromatic carbocycles. The summed E-state index contributed by atoms with van der Waals surface area (Å²) in [6.45, 7) is -0.453. The minimum atomic E-state index is -1.34. The van der Waals surface area contributed by atoms with Crippen LogP contribution in [0, 0.1) is 0 Å². The van der Waals surface area contributed by atoms with E-state index >= 15 is 0 Å². The molecule has 1 aliphatic heterocycles. The summed E-state index contributed by atoms with van der Waals surface area (Å²) in [6, 6.07) is 0. The van der Waals surface area contributed by atoms with Gasteiger partial charge in [0.2, 0.25) is 0 Å². The molecule has 76 valence electrons. The minimum absolute atomic E-state index is 0.453. The van der Waals surface area contributed by atoms with E-state index in [9.17, 15) is 15.0 Å². The second kappa shape index (κ2) is 4.01. The van der Waals surface area contributed by atoms with Crippen LogP contribution in [0.5, 0.6) is 0 Å². The molecule has 1 fully saturated rings. The van der Waals surface area contributed by atoms with Crippen molar-refractivity contribution in [3.63, 3.8) is 0 Å². The Morgan fingerprint density at radius 2 is 2.08 bits per heavy atom. The highest BCUT2D eigenvalue weighted by molar-refractivity contribution is 5.75. The first-order valence-corrected chi connectivity index (χ1v) is 3.82. The van der Waals surface area contributed by atoms with Crippen molar-refractivity contribution in [3.05, 3.63) is 0 Å². The van der Waals surface area contributed by atoms with Crippen molar-refractivity contribution in [1.82, 2.24) is 0 Å². The van der Waals surface area contributed by atoms with Crippen LogP contribution in [-0.2, 0) is 14.3 Å². The maximum absolute atomic E-state index is 10.9.